The van der Waals surface area contributed by atoms with Crippen molar-refractivity contribution in [2.75, 3.05) is 17.3 Å². The first-order valence-corrected chi connectivity index (χ1v) is 10.2. The van der Waals surface area contributed by atoms with Crippen LogP contribution in [0.25, 0.3) is 0 Å². The maximum atomic E-state index is 12.6. The number of nitrogens with zero attached hydrogens (tertiary/aromatic N) is 2. The molecule has 0 unspecified atom stereocenters. The molecule has 0 amide bonds. The fourth-order valence-corrected chi connectivity index (χ4v) is 3.59. The van der Waals surface area contributed by atoms with Crippen molar-refractivity contribution in [3.63, 3.8) is 0 Å². The van der Waals surface area contributed by atoms with Crippen LogP contribution in [0.4, 0.5) is 17.1 Å². The van der Waals surface area contributed by atoms with Crippen LogP contribution in [0.3, 0.4) is 0 Å². The first-order chi connectivity index (χ1) is 14.4. The van der Waals surface area contributed by atoms with Gasteiger partial charge >= 0.3 is 0 Å². The Balaban J connectivity index is 1.82. The summed E-state index contributed by atoms with van der Waals surface area (Å²) in [6, 6.07) is 18.9. The van der Waals surface area contributed by atoms with E-state index in [1.165, 1.54) is 37.6 Å². The second-order valence-corrected chi connectivity index (χ2v) is 7.73. The highest BCUT2D eigenvalue weighted by atomic mass is 32.2. The van der Waals surface area contributed by atoms with E-state index in [1.54, 1.807) is 12.1 Å². The van der Waals surface area contributed by atoms with Gasteiger partial charge in [0, 0.05) is 11.8 Å². The third-order valence-electron chi connectivity index (χ3n) is 4.02. The molecule has 0 fully saturated rings. The summed E-state index contributed by atoms with van der Waals surface area (Å²) < 4.78 is 32.7. The number of sulfonamides is 1. The summed E-state index contributed by atoms with van der Waals surface area (Å²) in [5.74, 6) is 0.570. The van der Waals surface area contributed by atoms with Gasteiger partial charge in [0.1, 0.15) is 11.4 Å². The number of benzene rings is 3. The smallest absolute Gasteiger partial charge is 0.295 e. The molecule has 154 valence electrons. The van der Waals surface area contributed by atoms with E-state index in [0.717, 1.165) is 11.6 Å². The molecule has 0 bridgehead atoms. The molecule has 0 radical (unpaired) electrons. The minimum absolute atomic E-state index is 0.0654. The third-order valence-corrected chi connectivity index (χ3v) is 5.40. The molecule has 3 rings (SSSR count). The Morgan fingerprint density at radius 2 is 1.73 bits per heavy atom. The van der Waals surface area contributed by atoms with Crippen LogP contribution in [0.5, 0.6) is 5.75 Å². The molecule has 30 heavy (non-hydrogen) atoms. The zero-order chi connectivity index (χ0) is 21.6. The van der Waals surface area contributed by atoms with Gasteiger partial charge in [-0.25, -0.2) is 8.42 Å². The van der Waals surface area contributed by atoms with E-state index >= 15 is 0 Å². The summed E-state index contributed by atoms with van der Waals surface area (Å²) in [7, 11) is -2.53. The van der Waals surface area contributed by atoms with Crippen LogP contribution >= 0.6 is 0 Å². The number of rotatable bonds is 8. The topological polar surface area (TPSA) is 123 Å². The van der Waals surface area contributed by atoms with Crippen molar-refractivity contribution in [1.82, 2.24) is 0 Å². The van der Waals surface area contributed by atoms with E-state index in [9.17, 15) is 18.5 Å². The molecule has 0 atom stereocenters. The predicted octanol–water partition coefficient (Wildman–Crippen LogP) is 3.85. The van der Waals surface area contributed by atoms with Gasteiger partial charge in [-0.15, -0.1) is 0 Å². The lowest BCUT2D eigenvalue weighted by molar-refractivity contribution is -0.384. The molecule has 10 heteroatoms. The van der Waals surface area contributed by atoms with Gasteiger partial charge in [0.2, 0.25) is 0 Å². The SMILES string of the molecule is COc1ccc(NS(=O)(=O)c2ccc(N/N=C\c3ccccc3)c([N+](=O)[O-])c2)cc1. The number of hydrazone groups is 1. The highest BCUT2D eigenvalue weighted by Crippen LogP contribution is 2.29. The number of ether oxygens (including phenoxy) is 1. The largest absolute Gasteiger partial charge is 0.497 e. The van der Waals surface area contributed by atoms with Crippen molar-refractivity contribution in [3.05, 3.63) is 88.5 Å². The second-order valence-electron chi connectivity index (χ2n) is 6.05. The Kier molecular flexibility index (Phi) is 6.28. The van der Waals surface area contributed by atoms with E-state index in [1.807, 2.05) is 30.3 Å². The van der Waals surface area contributed by atoms with Gasteiger partial charge in [-0.1, -0.05) is 30.3 Å². The molecule has 0 spiro atoms. The van der Waals surface area contributed by atoms with Crippen LogP contribution < -0.4 is 14.9 Å². The zero-order valence-corrected chi connectivity index (χ0v) is 16.7. The summed E-state index contributed by atoms with van der Waals surface area (Å²) in [5.41, 5.74) is 3.33. The van der Waals surface area contributed by atoms with Gasteiger partial charge in [0.15, 0.2) is 0 Å². The Labute approximate surface area is 173 Å². The van der Waals surface area contributed by atoms with E-state index in [0.29, 0.717) is 11.4 Å². The average molecular weight is 426 g/mol. The molecule has 9 nitrogen and oxygen atoms in total. The standard InChI is InChI=1S/C20H18N4O5S/c1-29-17-9-7-16(8-10-17)23-30(27,28)18-11-12-19(20(13-18)24(25)26)22-21-14-15-5-3-2-4-6-15/h2-14,22-23H,1H3/b21-14-. The minimum Gasteiger partial charge on any atom is -0.497 e. The molecule has 0 saturated carbocycles. The molecule has 0 aromatic heterocycles. The highest BCUT2D eigenvalue weighted by Gasteiger charge is 2.21. The van der Waals surface area contributed by atoms with Gasteiger partial charge in [-0.2, -0.15) is 5.10 Å². The number of methoxy groups -OCH3 is 1. The second kappa shape index (κ2) is 9.05. The van der Waals surface area contributed by atoms with Crippen molar-refractivity contribution in [2.24, 2.45) is 5.10 Å². The normalized spacial score (nSPS) is 11.2. The number of anilines is 2. The monoisotopic (exact) mass is 426 g/mol. The van der Waals surface area contributed by atoms with Crippen molar-refractivity contribution in [3.8, 4) is 5.75 Å². The number of hydrogen-bond acceptors (Lipinski definition) is 7. The number of nitro benzene ring substituents is 1. The summed E-state index contributed by atoms with van der Waals surface area (Å²) in [6.45, 7) is 0. The molecular weight excluding hydrogens is 408 g/mol. The quantitative estimate of drug-likeness (QED) is 0.320. The van der Waals surface area contributed by atoms with Gasteiger partial charge in [-0.05, 0) is 42.0 Å². The maximum Gasteiger partial charge on any atom is 0.295 e. The summed E-state index contributed by atoms with van der Waals surface area (Å²) in [4.78, 5) is 10.5. The Morgan fingerprint density at radius 3 is 2.37 bits per heavy atom. The maximum absolute atomic E-state index is 12.6. The van der Waals surface area contributed by atoms with Gasteiger partial charge in [0.25, 0.3) is 15.7 Å². The van der Waals surface area contributed by atoms with Crippen molar-refractivity contribution < 1.29 is 18.1 Å². The fraction of sp³-hybridized carbons (Fsp3) is 0.0500. The van der Waals surface area contributed by atoms with Crippen molar-refractivity contribution in [1.29, 1.82) is 0 Å². The number of hydrogen-bond donors (Lipinski definition) is 2. The van der Waals surface area contributed by atoms with Gasteiger partial charge < -0.3 is 4.74 Å². The van der Waals surface area contributed by atoms with E-state index in [-0.39, 0.29) is 10.6 Å². The average Bonchev–Trinajstić information content (AvgIpc) is 2.74. The summed E-state index contributed by atoms with van der Waals surface area (Å²) in [5, 5.41) is 15.4. The van der Waals surface area contributed by atoms with Crippen LogP contribution in [0.15, 0.2) is 82.8 Å². The van der Waals surface area contributed by atoms with Crippen LogP contribution in [-0.2, 0) is 10.0 Å². The molecule has 0 aliphatic heterocycles. The van der Waals surface area contributed by atoms with Crippen LogP contribution in [0, 0.1) is 10.1 Å². The molecule has 0 aliphatic carbocycles. The Bertz CT molecular complexity index is 1160. The first-order valence-electron chi connectivity index (χ1n) is 8.68. The fourth-order valence-electron chi connectivity index (χ4n) is 2.51. The summed E-state index contributed by atoms with van der Waals surface area (Å²) >= 11 is 0. The molecule has 0 heterocycles. The molecule has 0 aliphatic rings. The predicted molar refractivity (Wildman–Crippen MR) is 115 cm³/mol. The minimum atomic E-state index is -4.03. The van der Waals surface area contributed by atoms with Crippen molar-refractivity contribution >= 4 is 33.3 Å². The van der Waals surface area contributed by atoms with E-state index < -0.39 is 20.6 Å². The molecule has 3 aromatic carbocycles. The number of nitrogens with one attached hydrogen (secondary N) is 2. The van der Waals surface area contributed by atoms with E-state index in [2.05, 4.69) is 15.2 Å². The van der Waals surface area contributed by atoms with Crippen molar-refractivity contribution in [2.45, 2.75) is 4.90 Å². The Hall–Kier alpha value is -3.92. The van der Waals surface area contributed by atoms with Crippen LogP contribution in [0.2, 0.25) is 0 Å². The molecular formula is C20H18N4O5S. The molecule has 3 aromatic rings. The Morgan fingerprint density at radius 1 is 1.03 bits per heavy atom. The summed E-state index contributed by atoms with van der Waals surface area (Å²) in [6.07, 6.45) is 1.50. The lowest BCUT2D eigenvalue weighted by Crippen LogP contribution is -2.13. The van der Waals surface area contributed by atoms with E-state index in [4.69, 9.17) is 4.74 Å². The lowest BCUT2D eigenvalue weighted by atomic mass is 10.2. The zero-order valence-electron chi connectivity index (χ0n) is 15.8. The number of nitro groups is 1. The third kappa shape index (κ3) is 5.11. The first kappa shape index (κ1) is 20.8. The van der Waals surface area contributed by atoms with Gasteiger partial charge in [0.05, 0.1) is 23.1 Å². The van der Waals surface area contributed by atoms with Crippen LogP contribution in [0.1, 0.15) is 5.56 Å². The highest BCUT2D eigenvalue weighted by molar-refractivity contribution is 7.92. The van der Waals surface area contributed by atoms with Gasteiger partial charge in [-0.3, -0.25) is 20.3 Å². The molecule has 0 saturated heterocycles. The van der Waals surface area contributed by atoms with Crippen LogP contribution in [-0.4, -0.2) is 26.7 Å². The molecule has 2 N–H and O–H groups in total. The lowest BCUT2D eigenvalue weighted by Gasteiger charge is -2.10.